The fourth-order valence-corrected chi connectivity index (χ4v) is 1.82. The van der Waals surface area contributed by atoms with Crippen molar-refractivity contribution in [2.45, 2.75) is 19.9 Å². The second kappa shape index (κ2) is 4.03. The molecule has 0 aliphatic rings. The van der Waals surface area contributed by atoms with E-state index in [-0.39, 0.29) is 0 Å². The predicted molar refractivity (Wildman–Crippen MR) is 66.2 cm³/mol. The number of hydrogen-bond acceptors (Lipinski definition) is 1. The van der Waals surface area contributed by atoms with Gasteiger partial charge >= 0.3 is 0 Å². The van der Waals surface area contributed by atoms with E-state index < -0.39 is 0 Å². The Bertz CT molecular complexity index is 474. The molecule has 78 valence electrons. The maximum atomic E-state index is 3.26. The van der Waals surface area contributed by atoms with Crippen LogP contribution in [0.1, 0.15) is 24.1 Å². The van der Waals surface area contributed by atoms with E-state index in [2.05, 4.69) is 55.6 Å². The summed E-state index contributed by atoms with van der Waals surface area (Å²) in [4.78, 5) is 0. The average molecular weight is 199 g/mol. The molecule has 0 aliphatic carbocycles. The molecule has 1 N–H and O–H groups in total. The highest BCUT2D eigenvalue weighted by molar-refractivity contribution is 5.83. The largest absolute Gasteiger partial charge is 0.313 e. The van der Waals surface area contributed by atoms with Crippen molar-refractivity contribution >= 4 is 10.8 Å². The first-order valence-electron chi connectivity index (χ1n) is 5.38. The third kappa shape index (κ3) is 2.02. The minimum Gasteiger partial charge on any atom is -0.313 e. The molecule has 0 saturated carbocycles. The summed E-state index contributed by atoms with van der Waals surface area (Å²) < 4.78 is 0. The van der Waals surface area contributed by atoms with Gasteiger partial charge in [-0.05, 0) is 43.3 Å². The zero-order valence-corrected chi connectivity index (χ0v) is 9.54. The van der Waals surface area contributed by atoms with Gasteiger partial charge in [-0.2, -0.15) is 0 Å². The summed E-state index contributed by atoms with van der Waals surface area (Å²) in [7, 11) is 1.99. The number of nitrogens with one attached hydrogen (secondary N) is 1. The molecule has 1 unspecified atom stereocenters. The van der Waals surface area contributed by atoms with Crippen LogP contribution in [-0.4, -0.2) is 7.05 Å². The van der Waals surface area contributed by atoms with Crippen molar-refractivity contribution in [3.05, 3.63) is 47.5 Å². The van der Waals surface area contributed by atoms with Crippen LogP contribution in [0.5, 0.6) is 0 Å². The molecule has 1 heteroatoms. The Morgan fingerprint density at radius 2 is 1.67 bits per heavy atom. The first-order chi connectivity index (χ1) is 7.20. The highest BCUT2D eigenvalue weighted by atomic mass is 14.8. The van der Waals surface area contributed by atoms with Crippen LogP contribution in [0.25, 0.3) is 10.8 Å². The molecule has 1 nitrogen and oxygen atoms in total. The van der Waals surface area contributed by atoms with Gasteiger partial charge in [0.15, 0.2) is 0 Å². The zero-order chi connectivity index (χ0) is 10.8. The van der Waals surface area contributed by atoms with Crippen LogP contribution in [-0.2, 0) is 0 Å². The summed E-state index contributed by atoms with van der Waals surface area (Å²) >= 11 is 0. The summed E-state index contributed by atoms with van der Waals surface area (Å²) in [6, 6.07) is 13.6. The van der Waals surface area contributed by atoms with E-state index in [4.69, 9.17) is 0 Å². The van der Waals surface area contributed by atoms with Crippen LogP contribution in [0.4, 0.5) is 0 Å². The van der Waals surface area contributed by atoms with Gasteiger partial charge in [0.2, 0.25) is 0 Å². The van der Waals surface area contributed by atoms with E-state index in [1.807, 2.05) is 7.05 Å². The van der Waals surface area contributed by atoms with Crippen molar-refractivity contribution in [3.8, 4) is 0 Å². The Balaban J connectivity index is 2.52. The summed E-state index contributed by atoms with van der Waals surface area (Å²) in [6.45, 7) is 4.30. The molecular formula is C14H17N. The van der Waals surface area contributed by atoms with Crippen LogP contribution >= 0.6 is 0 Å². The number of rotatable bonds is 2. The highest BCUT2D eigenvalue weighted by Crippen LogP contribution is 2.21. The molecule has 0 aliphatic heterocycles. The Labute approximate surface area is 91.1 Å². The van der Waals surface area contributed by atoms with Crippen LogP contribution in [0.15, 0.2) is 36.4 Å². The van der Waals surface area contributed by atoms with Gasteiger partial charge in [0.05, 0.1) is 0 Å². The summed E-state index contributed by atoms with van der Waals surface area (Å²) in [5, 5.41) is 5.90. The van der Waals surface area contributed by atoms with Crippen LogP contribution < -0.4 is 5.32 Å². The molecule has 0 amide bonds. The van der Waals surface area contributed by atoms with E-state index in [1.54, 1.807) is 0 Å². The smallest absolute Gasteiger partial charge is 0.0289 e. The second-order valence-corrected chi connectivity index (χ2v) is 4.12. The molecule has 0 bridgehead atoms. The first-order valence-corrected chi connectivity index (χ1v) is 5.38. The Morgan fingerprint density at radius 3 is 2.40 bits per heavy atom. The SMILES string of the molecule is CNC(C)c1ccc2cc(C)ccc2c1. The van der Waals surface area contributed by atoms with E-state index in [9.17, 15) is 0 Å². The van der Waals surface area contributed by atoms with Gasteiger partial charge < -0.3 is 5.32 Å². The second-order valence-electron chi connectivity index (χ2n) is 4.12. The molecule has 0 radical (unpaired) electrons. The van der Waals surface area contributed by atoms with E-state index in [1.165, 1.54) is 21.9 Å². The first kappa shape index (κ1) is 10.2. The summed E-state index contributed by atoms with van der Waals surface area (Å²) in [5.41, 5.74) is 2.66. The zero-order valence-electron chi connectivity index (χ0n) is 9.54. The molecule has 0 spiro atoms. The van der Waals surface area contributed by atoms with Gasteiger partial charge in [-0.25, -0.2) is 0 Å². The fraction of sp³-hybridized carbons (Fsp3) is 0.286. The van der Waals surface area contributed by atoms with Gasteiger partial charge in [0, 0.05) is 6.04 Å². The van der Waals surface area contributed by atoms with Crippen LogP contribution in [0.3, 0.4) is 0 Å². The number of fused-ring (bicyclic) bond motifs is 1. The lowest BCUT2D eigenvalue weighted by molar-refractivity contribution is 0.653. The molecule has 0 saturated heterocycles. The molecular weight excluding hydrogens is 182 g/mol. The lowest BCUT2D eigenvalue weighted by Crippen LogP contribution is -2.11. The molecule has 0 aromatic heterocycles. The molecule has 0 fully saturated rings. The molecule has 0 heterocycles. The van der Waals surface area contributed by atoms with E-state index in [0.717, 1.165) is 0 Å². The maximum Gasteiger partial charge on any atom is 0.0289 e. The Kier molecular flexibility index (Phi) is 2.74. The van der Waals surface area contributed by atoms with E-state index >= 15 is 0 Å². The fourth-order valence-electron chi connectivity index (χ4n) is 1.82. The minimum atomic E-state index is 0.413. The van der Waals surface area contributed by atoms with Gasteiger partial charge in [0.25, 0.3) is 0 Å². The predicted octanol–water partition coefficient (Wildman–Crippen LogP) is 3.43. The van der Waals surface area contributed by atoms with Gasteiger partial charge in [-0.3, -0.25) is 0 Å². The van der Waals surface area contributed by atoms with Crippen molar-refractivity contribution in [2.24, 2.45) is 0 Å². The number of hydrogen-bond donors (Lipinski definition) is 1. The van der Waals surface area contributed by atoms with Gasteiger partial charge in [-0.1, -0.05) is 35.9 Å². The van der Waals surface area contributed by atoms with Crippen molar-refractivity contribution in [1.29, 1.82) is 0 Å². The van der Waals surface area contributed by atoms with E-state index in [0.29, 0.717) is 6.04 Å². The van der Waals surface area contributed by atoms with Crippen molar-refractivity contribution < 1.29 is 0 Å². The van der Waals surface area contributed by atoms with Crippen LogP contribution in [0, 0.1) is 6.92 Å². The van der Waals surface area contributed by atoms with Crippen molar-refractivity contribution in [2.75, 3.05) is 7.05 Å². The minimum absolute atomic E-state index is 0.413. The normalized spacial score (nSPS) is 13.0. The number of aryl methyl sites for hydroxylation is 1. The maximum absolute atomic E-state index is 3.26. The summed E-state index contributed by atoms with van der Waals surface area (Å²) in [5.74, 6) is 0. The number of benzene rings is 2. The van der Waals surface area contributed by atoms with Gasteiger partial charge in [-0.15, -0.1) is 0 Å². The average Bonchev–Trinajstić information content (AvgIpc) is 2.27. The van der Waals surface area contributed by atoms with Crippen LogP contribution in [0.2, 0.25) is 0 Å². The molecule has 2 aromatic rings. The standard InChI is InChI=1S/C14H17N/c1-10-4-5-14-9-12(11(2)15-3)6-7-13(14)8-10/h4-9,11,15H,1-3H3. The summed E-state index contributed by atoms with van der Waals surface area (Å²) in [6.07, 6.45) is 0. The lowest BCUT2D eigenvalue weighted by Gasteiger charge is -2.11. The van der Waals surface area contributed by atoms with Gasteiger partial charge in [0.1, 0.15) is 0 Å². The highest BCUT2D eigenvalue weighted by Gasteiger charge is 2.02. The quantitative estimate of drug-likeness (QED) is 0.781. The molecule has 2 rings (SSSR count). The Hall–Kier alpha value is -1.34. The monoisotopic (exact) mass is 199 g/mol. The van der Waals surface area contributed by atoms with Crippen molar-refractivity contribution in [3.63, 3.8) is 0 Å². The molecule has 15 heavy (non-hydrogen) atoms. The molecule has 1 atom stereocenters. The lowest BCUT2D eigenvalue weighted by atomic mass is 10.0. The third-order valence-electron chi connectivity index (χ3n) is 2.95. The third-order valence-corrected chi connectivity index (χ3v) is 2.95. The van der Waals surface area contributed by atoms with Crippen molar-refractivity contribution in [1.82, 2.24) is 5.32 Å². The molecule has 2 aromatic carbocycles. The topological polar surface area (TPSA) is 12.0 Å². The Morgan fingerprint density at radius 1 is 1.00 bits per heavy atom.